The van der Waals surface area contributed by atoms with Crippen LogP contribution in [0.2, 0.25) is 0 Å². The first-order chi connectivity index (χ1) is 9.69. The van der Waals surface area contributed by atoms with Crippen LogP contribution in [0.5, 0.6) is 0 Å². The molecule has 0 spiro atoms. The van der Waals surface area contributed by atoms with Crippen molar-refractivity contribution in [2.45, 2.75) is 26.2 Å². The minimum atomic E-state index is -0.271. The van der Waals surface area contributed by atoms with Crippen molar-refractivity contribution < 1.29 is 9.32 Å². The number of amides is 2. The third-order valence-electron chi connectivity index (χ3n) is 3.14. The van der Waals surface area contributed by atoms with Gasteiger partial charge in [0.25, 0.3) is 0 Å². The largest absolute Gasteiger partial charge is 0.360 e. The molecule has 0 aliphatic rings. The minimum absolute atomic E-state index is 0.271. The van der Waals surface area contributed by atoms with E-state index in [0.717, 1.165) is 6.42 Å². The van der Waals surface area contributed by atoms with Gasteiger partial charge in [-0.3, -0.25) is 5.32 Å². The highest BCUT2D eigenvalue weighted by Crippen LogP contribution is 2.18. The van der Waals surface area contributed by atoms with Gasteiger partial charge in [0.15, 0.2) is 5.82 Å². The molecule has 0 saturated carbocycles. The van der Waals surface area contributed by atoms with Gasteiger partial charge in [-0.15, -0.1) is 0 Å². The first kappa shape index (κ1) is 14.1. The second kappa shape index (κ2) is 6.75. The number of nitrogens with zero attached hydrogens (tertiary/aromatic N) is 1. The van der Waals surface area contributed by atoms with Gasteiger partial charge >= 0.3 is 6.03 Å². The SMILES string of the molecule is CC[C@@H](CNC(=O)Nc1cc(C)on1)c1ccccc1. The summed E-state index contributed by atoms with van der Waals surface area (Å²) in [5.74, 6) is 1.39. The Morgan fingerprint density at radius 2 is 2.10 bits per heavy atom. The van der Waals surface area contributed by atoms with Crippen molar-refractivity contribution in [1.82, 2.24) is 10.5 Å². The van der Waals surface area contributed by atoms with Gasteiger partial charge < -0.3 is 9.84 Å². The number of nitrogens with one attached hydrogen (secondary N) is 2. The summed E-state index contributed by atoms with van der Waals surface area (Å²) in [7, 11) is 0. The zero-order valence-corrected chi connectivity index (χ0v) is 11.7. The molecule has 1 aromatic heterocycles. The van der Waals surface area contributed by atoms with E-state index in [0.29, 0.717) is 24.0 Å². The smallest absolute Gasteiger partial charge is 0.320 e. The Morgan fingerprint density at radius 3 is 2.70 bits per heavy atom. The van der Waals surface area contributed by atoms with Gasteiger partial charge in [-0.25, -0.2) is 4.79 Å². The number of carbonyl (C=O) groups excluding carboxylic acids is 1. The number of rotatable bonds is 5. The van der Waals surface area contributed by atoms with E-state index in [1.807, 2.05) is 18.2 Å². The van der Waals surface area contributed by atoms with Crippen molar-refractivity contribution >= 4 is 11.8 Å². The highest BCUT2D eigenvalue weighted by Gasteiger charge is 2.11. The van der Waals surface area contributed by atoms with Gasteiger partial charge in [0.05, 0.1) is 0 Å². The van der Waals surface area contributed by atoms with E-state index in [4.69, 9.17) is 4.52 Å². The molecule has 20 heavy (non-hydrogen) atoms. The summed E-state index contributed by atoms with van der Waals surface area (Å²) in [4.78, 5) is 11.8. The van der Waals surface area contributed by atoms with Crippen LogP contribution in [0, 0.1) is 6.92 Å². The fourth-order valence-corrected chi connectivity index (χ4v) is 2.02. The lowest BCUT2D eigenvalue weighted by Gasteiger charge is -2.16. The van der Waals surface area contributed by atoms with Crippen LogP contribution in [0.25, 0.3) is 0 Å². The number of aromatic nitrogens is 1. The minimum Gasteiger partial charge on any atom is -0.360 e. The summed E-state index contributed by atoms with van der Waals surface area (Å²) in [5.41, 5.74) is 1.23. The highest BCUT2D eigenvalue weighted by molar-refractivity contribution is 5.88. The predicted octanol–water partition coefficient (Wildman–Crippen LogP) is 3.30. The molecule has 0 aliphatic heterocycles. The molecule has 0 unspecified atom stereocenters. The molecule has 0 aliphatic carbocycles. The monoisotopic (exact) mass is 273 g/mol. The Hall–Kier alpha value is -2.30. The molecule has 0 saturated heterocycles. The van der Waals surface area contributed by atoms with Gasteiger partial charge in [0.2, 0.25) is 0 Å². The Balaban J connectivity index is 1.85. The van der Waals surface area contributed by atoms with Gasteiger partial charge in [-0.2, -0.15) is 0 Å². The van der Waals surface area contributed by atoms with E-state index in [1.54, 1.807) is 13.0 Å². The molecule has 2 N–H and O–H groups in total. The summed E-state index contributed by atoms with van der Waals surface area (Å²) in [6.45, 7) is 4.47. The number of aryl methyl sites for hydroxylation is 1. The lowest BCUT2D eigenvalue weighted by Crippen LogP contribution is -2.32. The molecule has 2 rings (SSSR count). The standard InChI is InChI=1S/C15H19N3O2/c1-3-12(13-7-5-4-6-8-13)10-16-15(19)17-14-9-11(2)20-18-14/h4-9,12H,3,10H2,1-2H3,(H2,16,17,18,19)/t12-/m0/s1. The van der Waals surface area contributed by atoms with Crippen molar-refractivity contribution in [3.05, 3.63) is 47.7 Å². The van der Waals surface area contributed by atoms with Crippen molar-refractivity contribution in [2.24, 2.45) is 0 Å². The first-order valence-electron chi connectivity index (χ1n) is 6.72. The summed E-state index contributed by atoms with van der Waals surface area (Å²) >= 11 is 0. The van der Waals surface area contributed by atoms with E-state index < -0.39 is 0 Å². The predicted molar refractivity (Wildman–Crippen MR) is 77.7 cm³/mol. The van der Waals surface area contributed by atoms with E-state index in [-0.39, 0.29) is 6.03 Å². The van der Waals surface area contributed by atoms with Gasteiger partial charge in [-0.05, 0) is 18.9 Å². The molecule has 0 fully saturated rings. The molecular formula is C15H19N3O2. The van der Waals surface area contributed by atoms with Crippen molar-refractivity contribution in [3.8, 4) is 0 Å². The number of anilines is 1. The van der Waals surface area contributed by atoms with E-state index >= 15 is 0 Å². The van der Waals surface area contributed by atoms with Crippen LogP contribution in [0.3, 0.4) is 0 Å². The molecule has 2 aromatic rings. The van der Waals surface area contributed by atoms with Crippen LogP contribution in [-0.4, -0.2) is 17.7 Å². The number of carbonyl (C=O) groups is 1. The maximum atomic E-state index is 11.8. The third kappa shape index (κ3) is 3.85. The van der Waals surface area contributed by atoms with Gasteiger partial charge in [-0.1, -0.05) is 42.4 Å². The highest BCUT2D eigenvalue weighted by atomic mass is 16.5. The average molecular weight is 273 g/mol. The molecule has 0 radical (unpaired) electrons. The molecule has 0 bridgehead atoms. The van der Waals surface area contributed by atoms with Gasteiger partial charge in [0, 0.05) is 18.5 Å². The summed E-state index contributed by atoms with van der Waals surface area (Å²) < 4.78 is 4.89. The van der Waals surface area contributed by atoms with E-state index in [1.165, 1.54) is 5.56 Å². The number of benzene rings is 1. The second-order valence-corrected chi connectivity index (χ2v) is 4.67. The number of hydrogen-bond donors (Lipinski definition) is 2. The average Bonchev–Trinajstić information content (AvgIpc) is 2.86. The van der Waals surface area contributed by atoms with Gasteiger partial charge in [0.1, 0.15) is 5.76 Å². The molecule has 5 heteroatoms. The van der Waals surface area contributed by atoms with Crippen LogP contribution in [0.15, 0.2) is 40.9 Å². The summed E-state index contributed by atoms with van der Waals surface area (Å²) in [6, 6.07) is 11.6. The maximum Gasteiger partial charge on any atom is 0.320 e. The van der Waals surface area contributed by atoms with Crippen molar-refractivity contribution in [2.75, 3.05) is 11.9 Å². The van der Waals surface area contributed by atoms with E-state index in [2.05, 4.69) is 34.8 Å². The molecule has 1 atom stereocenters. The number of hydrogen-bond acceptors (Lipinski definition) is 3. The lowest BCUT2D eigenvalue weighted by atomic mass is 9.97. The zero-order valence-electron chi connectivity index (χ0n) is 11.7. The van der Waals surface area contributed by atoms with Crippen LogP contribution < -0.4 is 10.6 Å². The Bertz CT molecular complexity index is 551. The molecule has 5 nitrogen and oxygen atoms in total. The first-order valence-corrected chi connectivity index (χ1v) is 6.72. The number of urea groups is 1. The quantitative estimate of drug-likeness (QED) is 0.878. The second-order valence-electron chi connectivity index (χ2n) is 4.67. The summed E-state index contributed by atoms with van der Waals surface area (Å²) in [6.07, 6.45) is 0.966. The normalized spacial score (nSPS) is 11.9. The van der Waals surface area contributed by atoms with Crippen LogP contribution in [-0.2, 0) is 0 Å². The third-order valence-corrected chi connectivity index (χ3v) is 3.14. The fourth-order valence-electron chi connectivity index (χ4n) is 2.02. The molecule has 106 valence electrons. The maximum absolute atomic E-state index is 11.8. The van der Waals surface area contributed by atoms with Crippen LogP contribution in [0.1, 0.15) is 30.6 Å². The molecule has 1 heterocycles. The Morgan fingerprint density at radius 1 is 1.35 bits per heavy atom. The molecule has 2 amide bonds. The van der Waals surface area contributed by atoms with Crippen LogP contribution >= 0.6 is 0 Å². The zero-order chi connectivity index (χ0) is 14.4. The van der Waals surface area contributed by atoms with Crippen molar-refractivity contribution in [1.29, 1.82) is 0 Å². The Kier molecular flexibility index (Phi) is 4.76. The lowest BCUT2D eigenvalue weighted by molar-refractivity contribution is 0.251. The molecule has 1 aromatic carbocycles. The van der Waals surface area contributed by atoms with E-state index in [9.17, 15) is 4.79 Å². The summed E-state index contributed by atoms with van der Waals surface area (Å²) in [5, 5.41) is 9.21. The van der Waals surface area contributed by atoms with Crippen molar-refractivity contribution in [3.63, 3.8) is 0 Å². The Labute approximate surface area is 118 Å². The molecular weight excluding hydrogens is 254 g/mol. The topological polar surface area (TPSA) is 67.2 Å². The fraction of sp³-hybridized carbons (Fsp3) is 0.333. The van der Waals surface area contributed by atoms with Crippen LogP contribution in [0.4, 0.5) is 10.6 Å².